The lowest BCUT2D eigenvalue weighted by atomic mass is 10.2. The summed E-state index contributed by atoms with van der Waals surface area (Å²) in [6, 6.07) is 0. The summed E-state index contributed by atoms with van der Waals surface area (Å²) in [5.41, 5.74) is -0.306. The van der Waals surface area contributed by atoms with Crippen LogP contribution in [0, 0.1) is 6.92 Å². The highest BCUT2D eigenvalue weighted by Crippen LogP contribution is 2.24. The van der Waals surface area contributed by atoms with Crippen molar-refractivity contribution in [1.82, 2.24) is 19.4 Å². The molecule has 9 heteroatoms. The van der Waals surface area contributed by atoms with Crippen LogP contribution in [0.4, 0.5) is 0 Å². The van der Waals surface area contributed by atoms with Crippen molar-refractivity contribution in [1.29, 1.82) is 0 Å². The second-order valence-corrected chi connectivity index (χ2v) is 5.48. The van der Waals surface area contributed by atoms with Crippen LogP contribution in [0.1, 0.15) is 12.5 Å². The quantitative estimate of drug-likeness (QED) is 0.679. The summed E-state index contributed by atoms with van der Waals surface area (Å²) in [4.78, 5) is 41.5. The molecule has 2 aromatic heterocycles. The summed E-state index contributed by atoms with van der Waals surface area (Å²) in [5.74, 6) is -0.0733. The van der Waals surface area contributed by atoms with Gasteiger partial charge in [0.15, 0.2) is 5.65 Å². The van der Waals surface area contributed by atoms with Gasteiger partial charge in [0, 0.05) is 32.5 Å². The SMILES string of the molecule is CCOc1c(C)cnc2c1c(=O)n(CC(=O)NCCOC)c(=O)n2C. The lowest BCUT2D eigenvalue weighted by molar-refractivity contribution is -0.121. The second kappa shape index (κ2) is 7.93. The number of amides is 1. The number of ether oxygens (including phenoxy) is 2. The number of pyridine rings is 1. The van der Waals surface area contributed by atoms with Gasteiger partial charge in [-0.1, -0.05) is 0 Å². The molecule has 1 N–H and O–H groups in total. The zero-order valence-electron chi connectivity index (χ0n) is 14.8. The third-order valence-electron chi connectivity index (χ3n) is 3.70. The van der Waals surface area contributed by atoms with Gasteiger partial charge in [-0.2, -0.15) is 0 Å². The maximum absolute atomic E-state index is 12.8. The molecule has 136 valence electrons. The van der Waals surface area contributed by atoms with Gasteiger partial charge in [-0.25, -0.2) is 14.3 Å². The molecule has 0 fully saturated rings. The van der Waals surface area contributed by atoms with E-state index in [1.165, 1.54) is 18.7 Å². The maximum atomic E-state index is 12.8. The van der Waals surface area contributed by atoms with Gasteiger partial charge in [0.2, 0.25) is 5.91 Å². The summed E-state index contributed by atoms with van der Waals surface area (Å²) >= 11 is 0. The molecule has 0 atom stereocenters. The first-order valence-corrected chi connectivity index (χ1v) is 7.89. The van der Waals surface area contributed by atoms with Crippen LogP contribution in [0.2, 0.25) is 0 Å². The number of nitrogens with zero attached hydrogens (tertiary/aromatic N) is 3. The predicted molar refractivity (Wildman–Crippen MR) is 92.0 cm³/mol. The van der Waals surface area contributed by atoms with E-state index in [1.54, 1.807) is 20.0 Å². The van der Waals surface area contributed by atoms with Gasteiger partial charge in [-0.15, -0.1) is 0 Å². The minimum absolute atomic E-state index is 0.189. The van der Waals surface area contributed by atoms with Crippen molar-refractivity contribution in [2.24, 2.45) is 7.05 Å². The van der Waals surface area contributed by atoms with Crippen molar-refractivity contribution in [2.45, 2.75) is 20.4 Å². The Kier molecular flexibility index (Phi) is 5.92. The molecule has 9 nitrogen and oxygen atoms in total. The van der Waals surface area contributed by atoms with Crippen molar-refractivity contribution in [3.05, 3.63) is 32.6 Å². The summed E-state index contributed by atoms with van der Waals surface area (Å²) in [6.45, 7) is 4.18. The Labute approximate surface area is 144 Å². The number of fused-ring (bicyclic) bond motifs is 1. The molecule has 0 aromatic carbocycles. The summed E-state index contributed by atoms with van der Waals surface area (Å²) in [7, 11) is 3.02. The predicted octanol–water partition coefficient (Wildman–Crippen LogP) is -0.435. The molecule has 0 radical (unpaired) electrons. The summed E-state index contributed by atoms with van der Waals surface area (Å²) < 4.78 is 12.5. The van der Waals surface area contributed by atoms with Crippen molar-refractivity contribution in [2.75, 3.05) is 26.9 Å². The molecule has 1 amide bonds. The Morgan fingerprint density at radius 3 is 2.72 bits per heavy atom. The smallest absolute Gasteiger partial charge is 0.332 e. The Bertz CT molecular complexity index is 900. The minimum Gasteiger partial charge on any atom is -0.493 e. The van der Waals surface area contributed by atoms with Gasteiger partial charge >= 0.3 is 5.69 Å². The molecule has 0 saturated heterocycles. The van der Waals surface area contributed by atoms with Crippen LogP contribution in [-0.2, 0) is 23.1 Å². The van der Waals surface area contributed by atoms with Gasteiger partial charge in [-0.05, 0) is 13.8 Å². The van der Waals surface area contributed by atoms with E-state index in [9.17, 15) is 14.4 Å². The minimum atomic E-state index is -0.613. The van der Waals surface area contributed by atoms with E-state index in [0.717, 1.165) is 4.57 Å². The zero-order chi connectivity index (χ0) is 18.6. The molecule has 0 aliphatic heterocycles. The highest BCUT2D eigenvalue weighted by molar-refractivity contribution is 5.83. The zero-order valence-corrected chi connectivity index (χ0v) is 14.8. The number of carbonyl (C=O) groups excluding carboxylic acids is 1. The fourth-order valence-electron chi connectivity index (χ4n) is 2.48. The van der Waals surface area contributed by atoms with E-state index >= 15 is 0 Å². The number of hydrogen-bond acceptors (Lipinski definition) is 6. The highest BCUT2D eigenvalue weighted by atomic mass is 16.5. The standard InChI is InChI=1S/C16H22N4O5/c1-5-25-13-10(2)8-18-14-12(13)15(22)20(16(23)19(14)3)9-11(21)17-6-7-24-4/h8H,5-7,9H2,1-4H3,(H,17,21). The average molecular weight is 350 g/mol. The van der Waals surface area contributed by atoms with E-state index in [4.69, 9.17) is 9.47 Å². The van der Waals surface area contributed by atoms with Gasteiger partial charge in [0.25, 0.3) is 5.56 Å². The molecular weight excluding hydrogens is 328 g/mol. The first-order valence-electron chi connectivity index (χ1n) is 7.89. The van der Waals surface area contributed by atoms with Crippen LogP contribution >= 0.6 is 0 Å². The van der Waals surface area contributed by atoms with E-state index in [1.807, 2.05) is 0 Å². The number of hydrogen-bond donors (Lipinski definition) is 1. The Morgan fingerprint density at radius 1 is 1.36 bits per heavy atom. The highest BCUT2D eigenvalue weighted by Gasteiger charge is 2.19. The molecule has 0 saturated carbocycles. The van der Waals surface area contributed by atoms with Crippen LogP contribution in [0.5, 0.6) is 5.75 Å². The van der Waals surface area contributed by atoms with Gasteiger partial charge in [0.1, 0.15) is 17.7 Å². The van der Waals surface area contributed by atoms with Gasteiger partial charge in [0.05, 0.1) is 13.2 Å². The molecule has 2 heterocycles. The molecule has 0 bridgehead atoms. The number of carbonyl (C=O) groups is 1. The number of methoxy groups -OCH3 is 1. The normalized spacial score (nSPS) is 10.9. The van der Waals surface area contributed by atoms with E-state index in [2.05, 4.69) is 10.3 Å². The average Bonchev–Trinajstić information content (AvgIpc) is 2.59. The van der Waals surface area contributed by atoms with Crippen molar-refractivity contribution < 1.29 is 14.3 Å². The third-order valence-corrected chi connectivity index (χ3v) is 3.70. The fourth-order valence-corrected chi connectivity index (χ4v) is 2.48. The van der Waals surface area contributed by atoms with Crippen LogP contribution in [0.25, 0.3) is 11.0 Å². The molecular formula is C16H22N4O5. The third kappa shape index (κ3) is 3.71. The van der Waals surface area contributed by atoms with Gasteiger partial charge < -0.3 is 14.8 Å². The first-order chi connectivity index (χ1) is 11.9. The molecule has 0 unspecified atom stereocenters. The van der Waals surface area contributed by atoms with Crippen LogP contribution in [0.3, 0.4) is 0 Å². The lowest BCUT2D eigenvalue weighted by Crippen LogP contribution is -2.44. The van der Waals surface area contributed by atoms with Crippen molar-refractivity contribution >= 4 is 16.9 Å². The Morgan fingerprint density at radius 2 is 2.08 bits per heavy atom. The van der Waals surface area contributed by atoms with Crippen molar-refractivity contribution in [3.63, 3.8) is 0 Å². The number of rotatable bonds is 7. The van der Waals surface area contributed by atoms with E-state index in [0.29, 0.717) is 31.1 Å². The summed E-state index contributed by atoms with van der Waals surface area (Å²) in [5, 5.41) is 2.78. The van der Waals surface area contributed by atoms with Crippen LogP contribution < -0.4 is 21.3 Å². The van der Waals surface area contributed by atoms with E-state index < -0.39 is 17.2 Å². The Balaban J connectivity index is 2.58. The second-order valence-electron chi connectivity index (χ2n) is 5.48. The maximum Gasteiger partial charge on any atom is 0.332 e. The number of aryl methyl sites for hydroxylation is 2. The Hall–Kier alpha value is -2.68. The first kappa shape index (κ1) is 18.7. The van der Waals surface area contributed by atoms with E-state index in [-0.39, 0.29) is 17.6 Å². The molecule has 0 aliphatic carbocycles. The monoisotopic (exact) mass is 350 g/mol. The number of nitrogens with one attached hydrogen (secondary N) is 1. The fraction of sp³-hybridized carbons (Fsp3) is 0.500. The summed E-state index contributed by atoms with van der Waals surface area (Å²) in [6.07, 6.45) is 1.55. The molecule has 25 heavy (non-hydrogen) atoms. The van der Waals surface area contributed by atoms with Gasteiger partial charge in [-0.3, -0.25) is 14.2 Å². The topological polar surface area (TPSA) is 104 Å². The van der Waals surface area contributed by atoms with Crippen molar-refractivity contribution in [3.8, 4) is 5.75 Å². The largest absolute Gasteiger partial charge is 0.493 e. The van der Waals surface area contributed by atoms with Crippen LogP contribution in [-0.4, -0.2) is 46.9 Å². The molecule has 0 aliphatic rings. The molecule has 0 spiro atoms. The number of aromatic nitrogens is 3. The molecule has 2 rings (SSSR count). The van der Waals surface area contributed by atoms with Crippen LogP contribution in [0.15, 0.2) is 15.8 Å². The lowest BCUT2D eigenvalue weighted by Gasteiger charge is -2.14. The molecule has 2 aromatic rings.